The summed E-state index contributed by atoms with van der Waals surface area (Å²) in [5.74, 6) is 2.58. The van der Waals surface area contributed by atoms with Gasteiger partial charge in [0, 0.05) is 16.7 Å². The molecule has 5 heteroatoms. The van der Waals surface area contributed by atoms with Gasteiger partial charge in [0.2, 0.25) is 0 Å². The Labute approximate surface area is 155 Å². The molecule has 27 heavy (non-hydrogen) atoms. The first kappa shape index (κ1) is 18.4. The lowest BCUT2D eigenvalue weighted by Gasteiger charge is -2.16. The van der Waals surface area contributed by atoms with E-state index in [0.29, 0.717) is 16.9 Å². The second-order valence-electron chi connectivity index (χ2n) is 5.67. The molecule has 0 spiro atoms. The van der Waals surface area contributed by atoms with Crippen molar-refractivity contribution in [1.29, 1.82) is 0 Å². The van der Waals surface area contributed by atoms with E-state index in [2.05, 4.69) is 10.7 Å². The summed E-state index contributed by atoms with van der Waals surface area (Å²) in [7, 11) is 0. The molecule has 3 rings (SSSR count). The van der Waals surface area contributed by atoms with Crippen molar-refractivity contribution < 1.29 is 22.6 Å². The zero-order valence-electron chi connectivity index (χ0n) is 14.2. The molecule has 0 heterocycles. The van der Waals surface area contributed by atoms with Crippen molar-refractivity contribution >= 4 is 0 Å². The van der Waals surface area contributed by atoms with E-state index >= 15 is 0 Å². The van der Waals surface area contributed by atoms with Gasteiger partial charge in [-0.25, -0.2) is 0 Å². The van der Waals surface area contributed by atoms with Crippen molar-refractivity contribution in [2.24, 2.45) is 0 Å². The molecule has 0 saturated carbocycles. The molecule has 0 unspecified atom stereocenters. The molecule has 0 radical (unpaired) electrons. The van der Waals surface area contributed by atoms with Crippen LogP contribution in [0.4, 0.5) is 13.2 Å². The van der Waals surface area contributed by atoms with Gasteiger partial charge >= 0.3 is 6.36 Å². The standard InChI is InChI=1S/C22H15F3O2/c1-2-16-12-13-20(26-15-17-8-4-3-5-9-17)19(14-16)18-10-6-7-11-21(18)27-22(23,24)25/h1,3-14H,15H2. The Balaban J connectivity index is 2.00. The molecule has 0 bridgehead atoms. The lowest BCUT2D eigenvalue weighted by molar-refractivity contribution is -0.274. The van der Waals surface area contributed by atoms with Crippen LogP contribution < -0.4 is 9.47 Å². The van der Waals surface area contributed by atoms with Crippen LogP contribution in [0.25, 0.3) is 11.1 Å². The van der Waals surface area contributed by atoms with Crippen LogP contribution in [-0.4, -0.2) is 6.36 Å². The van der Waals surface area contributed by atoms with Crippen LogP contribution in [0.5, 0.6) is 11.5 Å². The van der Waals surface area contributed by atoms with E-state index in [1.54, 1.807) is 24.3 Å². The van der Waals surface area contributed by atoms with E-state index in [-0.39, 0.29) is 17.9 Å². The fourth-order valence-corrected chi connectivity index (χ4v) is 2.59. The van der Waals surface area contributed by atoms with Gasteiger partial charge in [-0.05, 0) is 29.8 Å². The van der Waals surface area contributed by atoms with Gasteiger partial charge in [-0.15, -0.1) is 19.6 Å². The second-order valence-corrected chi connectivity index (χ2v) is 5.67. The van der Waals surface area contributed by atoms with E-state index in [0.717, 1.165) is 5.56 Å². The van der Waals surface area contributed by atoms with Crippen LogP contribution in [0.1, 0.15) is 11.1 Å². The fourth-order valence-electron chi connectivity index (χ4n) is 2.59. The lowest BCUT2D eigenvalue weighted by atomic mass is 10.0. The number of hydrogen-bond donors (Lipinski definition) is 0. The van der Waals surface area contributed by atoms with E-state index in [1.807, 2.05) is 30.3 Å². The van der Waals surface area contributed by atoms with Crippen LogP contribution >= 0.6 is 0 Å². The molecule has 0 saturated heterocycles. The highest BCUT2D eigenvalue weighted by molar-refractivity contribution is 5.77. The van der Waals surface area contributed by atoms with E-state index in [1.165, 1.54) is 18.2 Å². The average molecular weight is 368 g/mol. The molecular weight excluding hydrogens is 353 g/mol. The summed E-state index contributed by atoms with van der Waals surface area (Å²) in [6, 6.07) is 20.3. The minimum absolute atomic E-state index is 0.245. The first-order valence-electron chi connectivity index (χ1n) is 8.09. The summed E-state index contributed by atoms with van der Waals surface area (Å²) in [5.41, 5.74) is 2.14. The molecule has 3 aromatic rings. The summed E-state index contributed by atoms with van der Waals surface area (Å²) in [6.45, 7) is 0.269. The Kier molecular flexibility index (Phi) is 5.37. The minimum Gasteiger partial charge on any atom is -0.488 e. The molecule has 0 N–H and O–H groups in total. The Morgan fingerprint density at radius 1 is 0.815 bits per heavy atom. The number of para-hydroxylation sites is 1. The third kappa shape index (κ3) is 4.83. The Morgan fingerprint density at radius 2 is 1.52 bits per heavy atom. The molecule has 2 nitrogen and oxygen atoms in total. The van der Waals surface area contributed by atoms with Gasteiger partial charge in [0.1, 0.15) is 18.1 Å². The zero-order chi connectivity index (χ0) is 19.3. The summed E-state index contributed by atoms with van der Waals surface area (Å²) < 4.78 is 48.3. The number of rotatable bonds is 5. The Bertz CT molecular complexity index is 957. The average Bonchev–Trinajstić information content (AvgIpc) is 2.66. The largest absolute Gasteiger partial charge is 0.573 e. The van der Waals surface area contributed by atoms with Gasteiger partial charge in [-0.3, -0.25) is 0 Å². The maximum Gasteiger partial charge on any atom is 0.573 e. The predicted octanol–water partition coefficient (Wildman–Crippen LogP) is 5.81. The van der Waals surface area contributed by atoms with Crippen molar-refractivity contribution in [3.8, 4) is 35.0 Å². The van der Waals surface area contributed by atoms with Crippen LogP contribution in [0.2, 0.25) is 0 Å². The second kappa shape index (κ2) is 7.88. The van der Waals surface area contributed by atoms with Gasteiger partial charge in [-0.2, -0.15) is 0 Å². The van der Waals surface area contributed by atoms with Gasteiger partial charge in [0.05, 0.1) is 0 Å². The lowest BCUT2D eigenvalue weighted by Crippen LogP contribution is -2.17. The maximum absolute atomic E-state index is 12.8. The Morgan fingerprint density at radius 3 is 2.22 bits per heavy atom. The molecule has 3 aromatic carbocycles. The third-order valence-corrected chi connectivity index (χ3v) is 3.79. The van der Waals surface area contributed by atoms with Crippen LogP contribution in [0, 0.1) is 12.3 Å². The predicted molar refractivity (Wildman–Crippen MR) is 97.3 cm³/mol. The number of benzene rings is 3. The van der Waals surface area contributed by atoms with Crippen molar-refractivity contribution in [2.75, 3.05) is 0 Å². The van der Waals surface area contributed by atoms with Gasteiger partial charge in [0.15, 0.2) is 0 Å². The van der Waals surface area contributed by atoms with Gasteiger partial charge in [0.25, 0.3) is 0 Å². The first-order valence-corrected chi connectivity index (χ1v) is 8.09. The summed E-state index contributed by atoms with van der Waals surface area (Å²) >= 11 is 0. The smallest absolute Gasteiger partial charge is 0.488 e. The van der Waals surface area contributed by atoms with E-state index < -0.39 is 6.36 Å². The Hall–Kier alpha value is -3.39. The van der Waals surface area contributed by atoms with Crippen molar-refractivity contribution in [3.63, 3.8) is 0 Å². The van der Waals surface area contributed by atoms with Crippen LogP contribution in [-0.2, 0) is 6.61 Å². The van der Waals surface area contributed by atoms with Crippen LogP contribution in [0.15, 0.2) is 72.8 Å². The van der Waals surface area contributed by atoms with Gasteiger partial charge in [-0.1, -0.05) is 54.5 Å². The summed E-state index contributed by atoms with van der Waals surface area (Å²) in [5, 5.41) is 0. The van der Waals surface area contributed by atoms with Crippen molar-refractivity contribution in [1.82, 2.24) is 0 Å². The van der Waals surface area contributed by atoms with Crippen molar-refractivity contribution in [3.05, 3.63) is 83.9 Å². The number of terminal acetylenes is 1. The molecule has 0 aromatic heterocycles. The molecule has 0 aliphatic carbocycles. The third-order valence-electron chi connectivity index (χ3n) is 3.79. The minimum atomic E-state index is -4.80. The maximum atomic E-state index is 12.8. The highest BCUT2D eigenvalue weighted by atomic mass is 19.4. The molecule has 0 fully saturated rings. The van der Waals surface area contributed by atoms with Crippen LogP contribution in [0.3, 0.4) is 0 Å². The molecule has 0 aliphatic heterocycles. The summed E-state index contributed by atoms with van der Waals surface area (Å²) in [4.78, 5) is 0. The number of hydrogen-bond acceptors (Lipinski definition) is 2. The van der Waals surface area contributed by atoms with Gasteiger partial charge < -0.3 is 9.47 Å². The number of ether oxygens (including phenoxy) is 2. The molecule has 0 aliphatic rings. The quantitative estimate of drug-likeness (QED) is 0.529. The fraction of sp³-hybridized carbons (Fsp3) is 0.0909. The van der Waals surface area contributed by atoms with E-state index in [4.69, 9.17) is 11.2 Å². The monoisotopic (exact) mass is 368 g/mol. The first-order chi connectivity index (χ1) is 13.0. The number of alkyl halides is 3. The normalized spacial score (nSPS) is 10.9. The SMILES string of the molecule is C#Cc1ccc(OCc2ccccc2)c(-c2ccccc2OC(F)(F)F)c1. The zero-order valence-corrected chi connectivity index (χ0v) is 14.2. The van der Waals surface area contributed by atoms with E-state index in [9.17, 15) is 13.2 Å². The molecule has 0 atom stereocenters. The molecule has 136 valence electrons. The molecule has 0 amide bonds. The van der Waals surface area contributed by atoms with Crippen molar-refractivity contribution in [2.45, 2.75) is 13.0 Å². The highest BCUT2D eigenvalue weighted by Crippen LogP contribution is 2.39. The topological polar surface area (TPSA) is 18.5 Å². The molecular formula is C22H15F3O2. The summed E-state index contributed by atoms with van der Waals surface area (Å²) in [6.07, 6.45) is 0.649. The number of halogens is 3. The highest BCUT2D eigenvalue weighted by Gasteiger charge is 2.32.